The largest absolute Gasteiger partial charge is 0.326 e. The quantitative estimate of drug-likeness (QED) is 0.715. The summed E-state index contributed by atoms with van der Waals surface area (Å²) < 4.78 is 52.5. The Morgan fingerprint density at radius 3 is 1.95 bits per heavy atom. The van der Waals surface area contributed by atoms with Crippen LogP contribution in [0.1, 0.15) is 50.3 Å². The van der Waals surface area contributed by atoms with Crippen molar-refractivity contribution in [2.45, 2.75) is 51.5 Å². The third-order valence-electron chi connectivity index (χ3n) is 3.21. The van der Waals surface area contributed by atoms with Gasteiger partial charge in [-0.1, -0.05) is 45.0 Å². The second kappa shape index (κ2) is 7.07. The van der Waals surface area contributed by atoms with Gasteiger partial charge in [0.1, 0.15) is 6.04 Å². The molecule has 1 nitrogen and oxygen atoms in total. The smallest absolute Gasteiger partial charge is 0.305 e. The van der Waals surface area contributed by atoms with Gasteiger partial charge in [-0.25, -0.2) is 8.78 Å². The molecule has 0 saturated heterocycles. The topological polar surface area (TPSA) is 12.0 Å². The maximum Gasteiger partial charge on any atom is 0.326 e. The Bertz CT molecular complexity index is 401. The van der Waals surface area contributed by atoms with Crippen molar-refractivity contribution in [2.24, 2.45) is 0 Å². The van der Waals surface area contributed by atoms with Gasteiger partial charge in [-0.05, 0) is 30.0 Å². The molecular weight excluding hydrogens is 270 g/mol. The van der Waals surface area contributed by atoms with E-state index in [9.17, 15) is 17.6 Å². The van der Waals surface area contributed by atoms with Crippen LogP contribution < -0.4 is 5.32 Å². The molecule has 1 aromatic carbocycles. The van der Waals surface area contributed by atoms with E-state index in [1.807, 2.05) is 13.8 Å². The van der Waals surface area contributed by atoms with E-state index in [2.05, 4.69) is 5.32 Å². The van der Waals surface area contributed by atoms with E-state index in [4.69, 9.17) is 0 Å². The van der Waals surface area contributed by atoms with E-state index in [1.54, 1.807) is 19.1 Å². The molecule has 0 aromatic heterocycles. The van der Waals surface area contributed by atoms with Gasteiger partial charge < -0.3 is 5.32 Å². The number of nitrogens with one attached hydrogen (secondary N) is 1. The summed E-state index contributed by atoms with van der Waals surface area (Å²) in [6.07, 6.45) is -3.10. The number of rotatable bonds is 7. The first-order chi connectivity index (χ1) is 9.30. The zero-order valence-electron chi connectivity index (χ0n) is 12.0. The Kier molecular flexibility index (Phi) is 5.99. The molecular formula is C15H21F4N. The van der Waals surface area contributed by atoms with Crippen molar-refractivity contribution in [2.75, 3.05) is 6.54 Å². The van der Waals surface area contributed by atoms with Crippen LogP contribution in [0.3, 0.4) is 0 Å². The van der Waals surface area contributed by atoms with Crippen molar-refractivity contribution in [1.29, 1.82) is 0 Å². The first-order valence-corrected chi connectivity index (χ1v) is 6.79. The average Bonchev–Trinajstić information content (AvgIpc) is 2.39. The lowest BCUT2D eigenvalue weighted by molar-refractivity contribution is -0.151. The van der Waals surface area contributed by atoms with Crippen LogP contribution in [0.15, 0.2) is 24.3 Å². The van der Waals surface area contributed by atoms with Gasteiger partial charge in [0.2, 0.25) is 0 Å². The lowest BCUT2D eigenvalue weighted by Gasteiger charge is -2.27. The highest BCUT2D eigenvalue weighted by Gasteiger charge is 2.49. The second-order valence-corrected chi connectivity index (χ2v) is 5.18. The van der Waals surface area contributed by atoms with Gasteiger partial charge >= 0.3 is 12.3 Å². The van der Waals surface area contributed by atoms with Crippen LogP contribution >= 0.6 is 0 Å². The number of benzene rings is 1. The van der Waals surface area contributed by atoms with Crippen molar-refractivity contribution >= 4 is 0 Å². The standard InChI is InChI=1S/C15H21F4N/c1-4-9-20-13(15(18,19)14(16)17)12-7-5-11(6-8-12)10(2)3/h5-8,10,13-14,20H,4,9H2,1-3H3. The first kappa shape index (κ1) is 17.0. The van der Waals surface area contributed by atoms with Crippen molar-refractivity contribution in [3.8, 4) is 0 Å². The van der Waals surface area contributed by atoms with Crippen molar-refractivity contribution in [1.82, 2.24) is 5.32 Å². The summed E-state index contributed by atoms with van der Waals surface area (Å²) in [5.41, 5.74) is 1.18. The summed E-state index contributed by atoms with van der Waals surface area (Å²) in [5, 5.41) is 2.53. The van der Waals surface area contributed by atoms with Gasteiger partial charge in [-0.15, -0.1) is 0 Å². The highest BCUT2D eigenvalue weighted by Crippen LogP contribution is 2.37. The summed E-state index contributed by atoms with van der Waals surface area (Å²) in [5.74, 6) is -3.82. The number of alkyl halides is 4. The minimum Gasteiger partial charge on any atom is -0.305 e. The molecule has 0 aliphatic heterocycles. The molecule has 0 saturated carbocycles. The molecule has 0 fully saturated rings. The Morgan fingerprint density at radius 2 is 1.55 bits per heavy atom. The molecule has 1 N–H and O–H groups in total. The zero-order chi connectivity index (χ0) is 15.3. The highest BCUT2D eigenvalue weighted by atomic mass is 19.3. The van der Waals surface area contributed by atoms with Gasteiger partial charge in [0, 0.05) is 0 Å². The molecule has 1 rings (SSSR count). The van der Waals surface area contributed by atoms with Gasteiger partial charge in [0.05, 0.1) is 0 Å². The predicted molar refractivity (Wildman–Crippen MR) is 72.5 cm³/mol. The maximum atomic E-state index is 13.7. The van der Waals surface area contributed by atoms with Gasteiger partial charge in [0.25, 0.3) is 0 Å². The Hall–Kier alpha value is -1.10. The molecule has 0 radical (unpaired) electrons. The molecule has 5 heteroatoms. The van der Waals surface area contributed by atoms with Crippen molar-refractivity contribution < 1.29 is 17.6 Å². The molecule has 0 aliphatic rings. The molecule has 1 aromatic rings. The lowest BCUT2D eigenvalue weighted by atomic mass is 9.96. The molecule has 0 aliphatic carbocycles. The lowest BCUT2D eigenvalue weighted by Crippen LogP contribution is -2.42. The molecule has 1 atom stereocenters. The van der Waals surface area contributed by atoms with E-state index in [0.717, 1.165) is 5.56 Å². The van der Waals surface area contributed by atoms with Crippen LogP contribution in [0.25, 0.3) is 0 Å². The van der Waals surface area contributed by atoms with E-state index in [0.29, 0.717) is 6.42 Å². The molecule has 0 spiro atoms. The molecule has 1 unspecified atom stereocenters. The summed E-state index contributed by atoms with van der Waals surface area (Å²) >= 11 is 0. The van der Waals surface area contributed by atoms with Gasteiger partial charge in [-0.2, -0.15) is 8.78 Å². The van der Waals surface area contributed by atoms with E-state index in [1.165, 1.54) is 12.1 Å². The fraction of sp³-hybridized carbons (Fsp3) is 0.600. The number of hydrogen-bond acceptors (Lipinski definition) is 1. The zero-order valence-corrected chi connectivity index (χ0v) is 12.0. The summed E-state index contributed by atoms with van der Waals surface area (Å²) in [6, 6.07) is 4.76. The third-order valence-corrected chi connectivity index (χ3v) is 3.21. The molecule has 0 amide bonds. The van der Waals surface area contributed by atoms with Crippen LogP contribution in [-0.4, -0.2) is 18.9 Å². The van der Waals surface area contributed by atoms with Gasteiger partial charge in [0.15, 0.2) is 0 Å². The maximum absolute atomic E-state index is 13.7. The Morgan fingerprint density at radius 1 is 1.05 bits per heavy atom. The van der Waals surface area contributed by atoms with Crippen LogP contribution in [-0.2, 0) is 0 Å². The minimum atomic E-state index is -4.09. The van der Waals surface area contributed by atoms with Crippen LogP contribution in [0.2, 0.25) is 0 Å². The fourth-order valence-corrected chi connectivity index (χ4v) is 1.96. The molecule has 20 heavy (non-hydrogen) atoms. The average molecular weight is 291 g/mol. The van der Waals surface area contributed by atoms with Crippen LogP contribution in [0.5, 0.6) is 0 Å². The van der Waals surface area contributed by atoms with Crippen LogP contribution in [0.4, 0.5) is 17.6 Å². The Labute approximate surface area is 117 Å². The SMILES string of the molecule is CCCNC(c1ccc(C(C)C)cc1)C(F)(F)C(F)F. The molecule has 114 valence electrons. The third kappa shape index (κ3) is 3.95. The first-order valence-electron chi connectivity index (χ1n) is 6.79. The normalized spacial score (nSPS) is 14.1. The predicted octanol–water partition coefficient (Wildman–Crippen LogP) is 4.75. The highest BCUT2D eigenvalue weighted by molar-refractivity contribution is 5.28. The number of hydrogen-bond donors (Lipinski definition) is 1. The molecule has 0 bridgehead atoms. The summed E-state index contributed by atoms with van der Waals surface area (Å²) in [6.45, 7) is 6.02. The van der Waals surface area contributed by atoms with Crippen molar-refractivity contribution in [3.63, 3.8) is 0 Å². The van der Waals surface area contributed by atoms with E-state index >= 15 is 0 Å². The molecule has 0 heterocycles. The summed E-state index contributed by atoms with van der Waals surface area (Å²) in [7, 11) is 0. The van der Waals surface area contributed by atoms with Gasteiger partial charge in [-0.3, -0.25) is 0 Å². The Balaban J connectivity index is 3.04. The number of halogens is 4. The van der Waals surface area contributed by atoms with E-state index < -0.39 is 18.4 Å². The van der Waals surface area contributed by atoms with Crippen LogP contribution in [0, 0.1) is 0 Å². The van der Waals surface area contributed by atoms with E-state index in [-0.39, 0.29) is 18.0 Å². The second-order valence-electron chi connectivity index (χ2n) is 5.18. The monoisotopic (exact) mass is 291 g/mol. The summed E-state index contributed by atoms with van der Waals surface area (Å²) in [4.78, 5) is 0. The fourth-order valence-electron chi connectivity index (χ4n) is 1.96. The van der Waals surface area contributed by atoms with Crippen molar-refractivity contribution in [3.05, 3.63) is 35.4 Å². The minimum absolute atomic E-state index is 0.188.